The quantitative estimate of drug-likeness (QED) is 0.364. The first-order chi connectivity index (χ1) is 16.9. The monoisotopic (exact) mass is 504 g/mol. The zero-order valence-corrected chi connectivity index (χ0v) is 21.6. The Balaban J connectivity index is 1.56. The first-order valence-electron chi connectivity index (χ1n) is 12.0. The fourth-order valence-corrected chi connectivity index (χ4v) is 5.78. The minimum Gasteiger partial charge on any atom is -0.356 e. The molecule has 35 heavy (non-hydrogen) atoms. The number of fused-ring (bicyclic) bond motifs is 1. The minimum absolute atomic E-state index is 0.165. The third-order valence-corrected chi connectivity index (χ3v) is 7.88. The number of carbonyl (C=O) groups excluding carboxylic acids is 1. The van der Waals surface area contributed by atoms with Gasteiger partial charge in [-0.05, 0) is 50.0 Å². The average molecular weight is 505 g/mol. The summed E-state index contributed by atoms with van der Waals surface area (Å²) in [5.41, 5.74) is 4.05. The maximum absolute atomic E-state index is 13.7. The van der Waals surface area contributed by atoms with Crippen LogP contribution < -0.4 is 10.5 Å². The lowest BCUT2D eigenvalue weighted by atomic mass is 10.1. The van der Waals surface area contributed by atoms with Gasteiger partial charge >= 0.3 is 0 Å². The van der Waals surface area contributed by atoms with Gasteiger partial charge in [-0.1, -0.05) is 72.7 Å². The molecular weight excluding hydrogens is 476 g/mol. The van der Waals surface area contributed by atoms with Crippen LogP contribution in [0.15, 0.2) is 52.3 Å². The Morgan fingerprint density at radius 2 is 1.66 bits per heavy atom. The Bertz CT molecular complexity index is 1390. The summed E-state index contributed by atoms with van der Waals surface area (Å²) in [6.07, 6.45) is 7.99. The molecule has 0 atom stereocenters. The number of nitrogens with zero attached hydrogens (tertiary/aromatic N) is 4. The van der Waals surface area contributed by atoms with Crippen molar-refractivity contribution in [2.45, 2.75) is 46.1 Å². The highest BCUT2D eigenvalue weighted by Crippen LogP contribution is 2.34. The van der Waals surface area contributed by atoms with Crippen molar-refractivity contribution in [1.82, 2.24) is 14.3 Å². The van der Waals surface area contributed by atoms with Crippen LogP contribution in [0, 0.1) is 13.8 Å². The summed E-state index contributed by atoms with van der Waals surface area (Å²) >= 11 is 6.81. The lowest BCUT2D eigenvalue weighted by Gasteiger charge is -2.23. The van der Waals surface area contributed by atoms with Crippen molar-refractivity contribution >= 4 is 51.7 Å². The smallest absolute Gasteiger partial charge is 0.267 e. The van der Waals surface area contributed by atoms with E-state index in [9.17, 15) is 9.59 Å². The summed E-state index contributed by atoms with van der Waals surface area (Å²) < 4.78 is 2.08. The molecule has 0 radical (unpaired) electrons. The van der Waals surface area contributed by atoms with Crippen molar-refractivity contribution < 1.29 is 4.79 Å². The second kappa shape index (κ2) is 9.95. The Hall–Kier alpha value is -2.97. The van der Waals surface area contributed by atoms with Crippen molar-refractivity contribution in [2.24, 2.45) is 0 Å². The van der Waals surface area contributed by atoms with Gasteiger partial charge in [-0.15, -0.1) is 0 Å². The van der Waals surface area contributed by atoms with E-state index in [4.69, 9.17) is 17.2 Å². The number of amides is 1. The number of aryl methyl sites for hydroxylation is 2. The number of aromatic nitrogens is 2. The molecule has 2 saturated heterocycles. The van der Waals surface area contributed by atoms with Crippen molar-refractivity contribution in [2.75, 3.05) is 18.0 Å². The van der Waals surface area contributed by atoms with Gasteiger partial charge in [0.25, 0.3) is 11.5 Å². The van der Waals surface area contributed by atoms with E-state index in [1.54, 1.807) is 21.6 Å². The number of rotatable bonds is 4. The molecule has 180 valence electrons. The van der Waals surface area contributed by atoms with Gasteiger partial charge in [0.1, 0.15) is 15.8 Å². The molecule has 6 nitrogen and oxygen atoms in total. The van der Waals surface area contributed by atoms with Gasteiger partial charge < -0.3 is 4.90 Å². The second-order valence-electron chi connectivity index (χ2n) is 9.24. The minimum atomic E-state index is -0.170. The highest BCUT2D eigenvalue weighted by atomic mass is 32.2. The van der Waals surface area contributed by atoms with Gasteiger partial charge in [0, 0.05) is 19.3 Å². The molecule has 2 aliphatic rings. The zero-order chi connectivity index (χ0) is 24.5. The SMILES string of the molecule is Cc1ccc(CN2C(=O)C(=Cc3c(N4CCCCCC4)nc4ccc(C)cn4c3=O)SC2=S)cc1. The molecule has 0 bridgehead atoms. The topological polar surface area (TPSA) is 57.9 Å². The van der Waals surface area contributed by atoms with Gasteiger partial charge in [0.05, 0.1) is 17.0 Å². The molecule has 0 unspecified atom stereocenters. The van der Waals surface area contributed by atoms with Gasteiger partial charge in [-0.3, -0.25) is 18.9 Å². The Morgan fingerprint density at radius 1 is 0.971 bits per heavy atom. The molecule has 0 N–H and O–H groups in total. The summed E-state index contributed by atoms with van der Waals surface area (Å²) in [6.45, 7) is 6.10. The molecule has 5 rings (SSSR count). The van der Waals surface area contributed by atoms with E-state index < -0.39 is 0 Å². The van der Waals surface area contributed by atoms with Crippen LogP contribution in [0.4, 0.5) is 5.82 Å². The fourth-order valence-electron chi connectivity index (χ4n) is 4.54. The molecule has 2 aliphatic heterocycles. The molecular formula is C27H28N4O2S2. The van der Waals surface area contributed by atoms with E-state index in [1.807, 2.05) is 50.2 Å². The molecule has 1 aromatic carbocycles. The van der Waals surface area contributed by atoms with E-state index >= 15 is 0 Å². The van der Waals surface area contributed by atoms with Crippen molar-refractivity contribution in [3.05, 3.63) is 80.1 Å². The molecule has 2 fully saturated rings. The second-order valence-corrected chi connectivity index (χ2v) is 10.9. The van der Waals surface area contributed by atoms with E-state index in [2.05, 4.69) is 4.90 Å². The molecule has 4 heterocycles. The summed E-state index contributed by atoms with van der Waals surface area (Å²) in [5, 5.41) is 0. The highest BCUT2D eigenvalue weighted by Gasteiger charge is 2.33. The predicted molar refractivity (Wildman–Crippen MR) is 147 cm³/mol. The van der Waals surface area contributed by atoms with Crippen LogP contribution in [-0.4, -0.2) is 37.6 Å². The van der Waals surface area contributed by atoms with Crippen molar-refractivity contribution in [3.8, 4) is 0 Å². The summed E-state index contributed by atoms with van der Waals surface area (Å²) in [7, 11) is 0. The third-order valence-electron chi connectivity index (χ3n) is 6.50. The maximum Gasteiger partial charge on any atom is 0.267 e. The first kappa shape index (κ1) is 23.8. The summed E-state index contributed by atoms with van der Waals surface area (Å²) in [4.78, 5) is 36.2. The standard InChI is InChI=1S/C27H28N4O2S2/c1-18-7-10-20(11-8-18)17-31-26(33)22(35-27(31)34)15-21-24(29-13-5-3-4-6-14-29)28-23-12-9-19(2)16-30(23)25(21)32/h7-12,15-16H,3-6,13-14,17H2,1-2H3. The molecule has 0 saturated carbocycles. The maximum atomic E-state index is 13.7. The normalized spacial score (nSPS) is 18.1. The van der Waals surface area contributed by atoms with Gasteiger partial charge in [-0.25, -0.2) is 4.98 Å². The number of pyridine rings is 1. The third kappa shape index (κ3) is 4.90. The van der Waals surface area contributed by atoms with Crippen LogP contribution in [-0.2, 0) is 11.3 Å². The molecule has 2 aromatic heterocycles. The average Bonchev–Trinajstić information content (AvgIpc) is 3.02. The number of hydrogen-bond acceptors (Lipinski definition) is 6. The zero-order valence-electron chi connectivity index (χ0n) is 20.0. The van der Waals surface area contributed by atoms with E-state index in [0.717, 1.165) is 37.1 Å². The molecule has 8 heteroatoms. The van der Waals surface area contributed by atoms with E-state index in [0.29, 0.717) is 32.8 Å². The van der Waals surface area contributed by atoms with Gasteiger partial charge in [0.2, 0.25) is 0 Å². The molecule has 0 spiro atoms. The van der Waals surface area contributed by atoms with Gasteiger partial charge in [-0.2, -0.15) is 0 Å². The lowest BCUT2D eigenvalue weighted by Crippen LogP contribution is -2.30. The number of thiocarbonyl (C=S) groups is 1. The van der Waals surface area contributed by atoms with Crippen LogP contribution in [0.2, 0.25) is 0 Å². The Labute approximate surface area is 214 Å². The summed E-state index contributed by atoms with van der Waals surface area (Å²) in [6, 6.07) is 11.9. The Kier molecular flexibility index (Phi) is 6.75. The number of benzene rings is 1. The number of hydrogen-bond donors (Lipinski definition) is 0. The number of carbonyl (C=O) groups is 1. The number of anilines is 1. The van der Waals surface area contributed by atoms with Gasteiger partial charge in [0.15, 0.2) is 0 Å². The number of thioether (sulfide) groups is 1. The highest BCUT2D eigenvalue weighted by molar-refractivity contribution is 8.26. The van der Waals surface area contributed by atoms with Crippen LogP contribution in [0.3, 0.4) is 0 Å². The molecule has 3 aromatic rings. The van der Waals surface area contributed by atoms with Crippen LogP contribution in [0.1, 0.15) is 47.9 Å². The molecule has 1 amide bonds. The van der Waals surface area contributed by atoms with Crippen molar-refractivity contribution in [1.29, 1.82) is 0 Å². The largest absolute Gasteiger partial charge is 0.356 e. The lowest BCUT2D eigenvalue weighted by molar-refractivity contribution is -0.122. The van der Waals surface area contributed by atoms with E-state index in [-0.39, 0.29) is 11.5 Å². The van der Waals surface area contributed by atoms with Crippen molar-refractivity contribution in [3.63, 3.8) is 0 Å². The van der Waals surface area contributed by atoms with Crippen LogP contribution in [0.25, 0.3) is 11.7 Å². The van der Waals surface area contributed by atoms with Crippen LogP contribution >= 0.6 is 24.0 Å². The predicted octanol–water partition coefficient (Wildman–Crippen LogP) is 5.09. The first-order valence-corrected chi connectivity index (χ1v) is 13.2. The molecule has 0 aliphatic carbocycles. The van der Waals surface area contributed by atoms with E-state index in [1.165, 1.54) is 30.2 Å². The fraction of sp³-hybridized carbons (Fsp3) is 0.333. The van der Waals surface area contributed by atoms with Crippen LogP contribution in [0.5, 0.6) is 0 Å². The summed E-state index contributed by atoms with van der Waals surface area (Å²) in [5.74, 6) is 0.487. The Morgan fingerprint density at radius 3 is 2.37 bits per heavy atom.